The molecule has 1 saturated heterocycles. The number of benzene rings is 1. The van der Waals surface area contributed by atoms with Crippen LogP contribution in [0.5, 0.6) is 0 Å². The Bertz CT molecular complexity index is 668. The molecule has 1 aromatic rings. The zero-order valence-corrected chi connectivity index (χ0v) is 16.2. The summed E-state index contributed by atoms with van der Waals surface area (Å²) in [7, 11) is 0. The molecule has 5 nitrogen and oxygen atoms in total. The van der Waals surface area contributed by atoms with Crippen molar-refractivity contribution in [3.63, 3.8) is 0 Å². The van der Waals surface area contributed by atoms with Gasteiger partial charge in [-0.3, -0.25) is 4.79 Å². The highest BCUT2D eigenvalue weighted by atomic mass is 79.9. The minimum atomic E-state index is -1.09. The fourth-order valence-corrected chi connectivity index (χ4v) is 3.03. The van der Waals surface area contributed by atoms with Crippen molar-refractivity contribution in [3.05, 3.63) is 33.8 Å². The van der Waals surface area contributed by atoms with Crippen LogP contribution in [0.2, 0.25) is 0 Å². The molecular weight excluding hydrogens is 398 g/mol. The molecule has 25 heavy (non-hydrogen) atoms. The Labute approximate surface area is 154 Å². The van der Waals surface area contributed by atoms with E-state index < -0.39 is 29.2 Å². The first-order valence-corrected chi connectivity index (χ1v) is 8.72. The van der Waals surface area contributed by atoms with Crippen LogP contribution in [0.15, 0.2) is 16.6 Å². The molecule has 138 valence electrons. The lowest BCUT2D eigenvalue weighted by molar-refractivity contribution is 0.00616. The normalized spacial score (nSPS) is 18.3. The van der Waals surface area contributed by atoms with Crippen LogP contribution in [0.3, 0.4) is 0 Å². The lowest BCUT2D eigenvalue weighted by atomic mass is 10.1. The fourth-order valence-electron chi connectivity index (χ4n) is 2.60. The standard InChI is InChI=1S/C17H21BrF2N2O3/c1-10-9-21(16(24)25-17(2,3)4)5-6-22(10)15(23)11-7-12(18)14(20)13(19)8-11/h7-8,10H,5-6,9H2,1-4H3. The van der Waals surface area contributed by atoms with Crippen LogP contribution < -0.4 is 0 Å². The maximum absolute atomic E-state index is 13.5. The van der Waals surface area contributed by atoms with Crippen LogP contribution in [-0.4, -0.2) is 53.1 Å². The van der Waals surface area contributed by atoms with Gasteiger partial charge in [0.2, 0.25) is 0 Å². The molecule has 1 atom stereocenters. The molecule has 2 rings (SSSR count). The number of hydrogen-bond acceptors (Lipinski definition) is 3. The van der Waals surface area contributed by atoms with Gasteiger partial charge in [-0.2, -0.15) is 0 Å². The minimum absolute atomic E-state index is 0.0587. The van der Waals surface area contributed by atoms with E-state index in [0.717, 1.165) is 6.07 Å². The second-order valence-electron chi connectivity index (χ2n) is 7.03. The molecule has 0 N–H and O–H groups in total. The zero-order chi connectivity index (χ0) is 18.9. The van der Waals surface area contributed by atoms with Crippen LogP contribution in [0, 0.1) is 11.6 Å². The van der Waals surface area contributed by atoms with E-state index in [2.05, 4.69) is 15.9 Å². The second kappa shape index (κ2) is 7.27. The summed E-state index contributed by atoms with van der Waals surface area (Å²) >= 11 is 2.91. The Balaban J connectivity index is 2.08. The number of ether oxygens (including phenoxy) is 1. The molecule has 0 saturated carbocycles. The quantitative estimate of drug-likeness (QED) is 0.651. The van der Waals surface area contributed by atoms with Crippen molar-refractivity contribution in [2.45, 2.75) is 39.3 Å². The topological polar surface area (TPSA) is 49.9 Å². The maximum Gasteiger partial charge on any atom is 0.410 e. The fraction of sp³-hybridized carbons (Fsp3) is 0.529. The number of rotatable bonds is 1. The van der Waals surface area contributed by atoms with Gasteiger partial charge in [-0.25, -0.2) is 13.6 Å². The zero-order valence-electron chi connectivity index (χ0n) is 14.6. The van der Waals surface area contributed by atoms with Gasteiger partial charge in [-0.1, -0.05) is 0 Å². The largest absolute Gasteiger partial charge is 0.444 e. The molecule has 8 heteroatoms. The van der Waals surface area contributed by atoms with Gasteiger partial charge in [-0.05, 0) is 55.8 Å². The molecule has 0 aromatic heterocycles. The van der Waals surface area contributed by atoms with Gasteiger partial charge in [0.15, 0.2) is 11.6 Å². The molecule has 1 aliphatic rings. The maximum atomic E-state index is 13.5. The molecule has 2 amide bonds. The van der Waals surface area contributed by atoms with Crippen LogP contribution in [-0.2, 0) is 4.74 Å². The van der Waals surface area contributed by atoms with Gasteiger partial charge >= 0.3 is 6.09 Å². The monoisotopic (exact) mass is 418 g/mol. The van der Waals surface area contributed by atoms with Gasteiger partial charge in [0.25, 0.3) is 5.91 Å². The second-order valence-corrected chi connectivity index (χ2v) is 7.88. The van der Waals surface area contributed by atoms with E-state index in [-0.39, 0.29) is 22.6 Å². The Hall–Kier alpha value is -1.70. The molecular formula is C17H21BrF2N2O3. The Kier molecular flexibility index (Phi) is 5.71. The highest BCUT2D eigenvalue weighted by Gasteiger charge is 2.32. The molecule has 1 aromatic carbocycles. The Morgan fingerprint density at radius 1 is 1.24 bits per heavy atom. The first-order chi connectivity index (χ1) is 11.5. The SMILES string of the molecule is CC1CN(C(=O)OC(C)(C)C)CCN1C(=O)c1cc(F)c(F)c(Br)c1. The summed E-state index contributed by atoms with van der Waals surface area (Å²) in [6.07, 6.45) is -0.429. The number of hydrogen-bond donors (Lipinski definition) is 0. The Morgan fingerprint density at radius 3 is 2.40 bits per heavy atom. The average molecular weight is 419 g/mol. The lowest BCUT2D eigenvalue weighted by Gasteiger charge is -2.40. The van der Waals surface area contributed by atoms with Gasteiger partial charge in [-0.15, -0.1) is 0 Å². The van der Waals surface area contributed by atoms with Crippen LogP contribution in [0.4, 0.5) is 13.6 Å². The van der Waals surface area contributed by atoms with Crippen molar-refractivity contribution < 1.29 is 23.1 Å². The number of piperazine rings is 1. The highest BCUT2D eigenvalue weighted by Crippen LogP contribution is 2.23. The van der Waals surface area contributed by atoms with Gasteiger partial charge in [0.05, 0.1) is 4.47 Å². The summed E-state index contributed by atoms with van der Waals surface area (Å²) in [5, 5.41) is 0. The van der Waals surface area contributed by atoms with E-state index in [0.29, 0.717) is 13.1 Å². The van der Waals surface area contributed by atoms with Crippen molar-refractivity contribution in [2.24, 2.45) is 0 Å². The summed E-state index contributed by atoms with van der Waals surface area (Å²) in [5.41, 5.74) is -0.533. The van der Waals surface area contributed by atoms with Crippen LogP contribution in [0.25, 0.3) is 0 Å². The third kappa shape index (κ3) is 4.68. The van der Waals surface area contributed by atoms with Crippen molar-refractivity contribution in [3.8, 4) is 0 Å². The van der Waals surface area contributed by atoms with Crippen LogP contribution in [0.1, 0.15) is 38.1 Å². The minimum Gasteiger partial charge on any atom is -0.444 e. The van der Waals surface area contributed by atoms with E-state index >= 15 is 0 Å². The van der Waals surface area contributed by atoms with Crippen LogP contribution >= 0.6 is 15.9 Å². The summed E-state index contributed by atoms with van der Waals surface area (Å²) in [6, 6.07) is 1.86. The number of carbonyl (C=O) groups is 2. The van der Waals surface area contributed by atoms with Crippen molar-refractivity contribution >= 4 is 27.9 Å². The number of amides is 2. The van der Waals surface area contributed by atoms with Crippen molar-refractivity contribution in [1.29, 1.82) is 0 Å². The number of carbonyl (C=O) groups excluding carboxylic acids is 2. The molecule has 0 spiro atoms. The predicted molar refractivity (Wildman–Crippen MR) is 92.4 cm³/mol. The molecule has 1 heterocycles. The molecule has 0 bridgehead atoms. The van der Waals surface area contributed by atoms with Crippen molar-refractivity contribution in [2.75, 3.05) is 19.6 Å². The third-order valence-electron chi connectivity index (χ3n) is 3.77. The highest BCUT2D eigenvalue weighted by molar-refractivity contribution is 9.10. The number of nitrogens with zero attached hydrogens (tertiary/aromatic N) is 2. The van der Waals surface area contributed by atoms with E-state index in [1.54, 1.807) is 37.5 Å². The lowest BCUT2D eigenvalue weighted by Crippen LogP contribution is -2.56. The smallest absolute Gasteiger partial charge is 0.410 e. The molecule has 0 aliphatic carbocycles. The van der Waals surface area contributed by atoms with E-state index in [4.69, 9.17) is 4.74 Å². The van der Waals surface area contributed by atoms with E-state index in [1.165, 1.54) is 6.07 Å². The molecule has 0 radical (unpaired) electrons. The first-order valence-electron chi connectivity index (χ1n) is 7.93. The third-order valence-corrected chi connectivity index (χ3v) is 4.35. The number of halogens is 3. The molecule has 1 unspecified atom stereocenters. The summed E-state index contributed by atoms with van der Waals surface area (Å²) in [5.74, 6) is -2.52. The Morgan fingerprint density at radius 2 is 1.88 bits per heavy atom. The van der Waals surface area contributed by atoms with Gasteiger partial charge < -0.3 is 14.5 Å². The summed E-state index contributed by atoms with van der Waals surface area (Å²) in [4.78, 5) is 27.8. The predicted octanol–water partition coefficient (Wildman–Crippen LogP) is 3.81. The van der Waals surface area contributed by atoms with E-state index in [9.17, 15) is 18.4 Å². The summed E-state index contributed by atoms with van der Waals surface area (Å²) < 4.78 is 32.1. The van der Waals surface area contributed by atoms with E-state index in [1.807, 2.05) is 0 Å². The molecule has 1 fully saturated rings. The van der Waals surface area contributed by atoms with Gasteiger partial charge in [0, 0.05) is 31.2 Å². The molecule has 1 aliphatic heterocycles. The first kappa shape index (κ1) is 19.6. The average Bonchev–Trinajstić information content (AvgIpc) is 2.49. The van der Waals surface area contributed by atoms with Gasteiger partial charge in [0.1, 0.15) is 5.60 Å². The van der Waals surface area contributed by atoms with Crippen molar-refractivity contribution in [1.82, 2.24) is 9.80 Å². The summed E-state index contributed by atoms with van der Waals surface area (Å²) in [6.45, 7) is 8.07.